The van der Waals surface area contributed by atoms with Gasteiger partial charge < -0.3 is 0 Å². The van der Waals surface area contributed by atoms with Gasteiger partial charge in [-0.05, 0) is 11.8 Å². The monoisotopic (exact) mass is 272 g/mol. The second-order valence-corrected chi connectivity index (χ2v) is 6.49. The zero-order valence-electron chi connectivity index (χ0n) is 15.5. The van der Waals surface area contributed by atoms with Crippen LogP contribution in [0.3, 0.4) is 0 Å². The summed E-state index contributed by atoms with van der Waals surface area (Å²) in [5, 5.41) is 0. The molecule has 0 spiro atoms. The molecule has 0 aromatic carbocycles. The Hall–Kier alpha value is 0. The molecule has 0 N–H and O–H groups in total. The van der Waals surface area contributed by atoms with Gasteiger partial charge >= 0.3 is 0 Å². The summed E-state index contributed by atoms with van der Waals surface area (Å²) in [5.41, 5.74) is 0. The van der Waals surface area contributed by atoms with Gasteiger partial charge in [0.15, 0.2) is 0 Å². The Labute approximate surface area is 125 Å². The van der Waals surface area contributed by atoms with Gasteiger partial charge in [-0.25, -0.2) is 0 Å². The minimum Gasteiger partial charge on any atom is -0.0656 e. The smallest absolute Gasteiger partial charge is 0.0471 e. The minimum absolute atomic E-state index is 0.904. The van der Waals surface area contributed by atoms with E-state index in [1.165, 1.54) is 57.8 Å². The van der Waals surface area contributed by atoms with Crippen LogP contribution in [0.15, 0.2) is 0 Å². The SMILES string of the molecule is CCC.CCCCCC(C)C.CCCCCC(C)C. The van der Waals surface area contributed by atoms with Crippen molar-refractivity contribution in [3.8, 4) is 0 Å². The standard InChI is InChI=1S/2C8H18.C3H8/c2*1-4-5-6-7-8(2)3;1-3-2/h2*8H,4-7H2,1-3H3;3H2,1-2H3. The maximum absolute atomic E-state index is 2.29. The van der Waals surface area contributed by atoms with Crippen LogP contribution < -0.4 is 0 Å². The van der Waals surface area contributed by atoms with Crippen LogP contribution in [-0.2, 0) is 0 Å². The first-order valence-corrected chi connectivity index (χ1v) is 8.95. The van der Waals surface area contributed by atoms with Crippen molar-refractivity contribution in [2.24, 2.45) is 11.8 Å². The molecule has 0 heterocycles. The molecule has 120 valence electrons. The quantitative estimate of drug-likeness (QED) is 0.394. The van der Waals surface area contributed by atoms with Crippen molar-refractivity contribution in [1.82, 2.24) is 0 Å². The zero-order valence-corrected chi connectivity index (χ0v) is 15.5. The maximum atomic E-state index is 2.29. The average molecular weight is 273 g/mol. The first-order chi connectivity index (χ1) is 8.95. The van der Waals surface area contributed by atoms with E-state index in [4.69, 9.17) is 0 Å². The third kappa shape index (κ3) is 46.1. The molecule has 0 saturated carbocycles. The fourth-order valence-corrected chi connectivity index (χ4v) is 1.61. The molecule has 0 aromatic heterocycles. The molecule has 0 amide bonds. The molecule has 0 aliphatic heterocycles. The Morgan fingerprint density at radius 1 is 0.526 bits per heavy atom. The third-order valence-electron chi connectivity index (χ3n) is 2.77. The molecule has 0 saturated heterocycles. The van der Waals surface area contributed by atoms with Gasteiger partial charge in [-0.1, -0.05) is 113 Å². The van der Waals surface area contributed by atoms with Gasteiger partial charge in [-0.15, -0.1) is 0 Å². The van der Waals surface area contributed by atoms with E-state index in [0.29, 0.717) is 0 Å². The Bertz CT molecular complexity index is 99.2. The molecular weight excluding hydrogens is 228 g/mol. The highest BCUT2D eigenvalue weighted by Crippen LogP contribution is 2.07. The minimum atomic E-state index is 0.904. The van der Waals surface area contributed by atoms with Crippen LogP contribution in [0.5, 0.6) is 0 Å². The molecule has 0 aliphatic rings. The molecule has 0 rings (SSSR count). The Balaban J connectivity index is -0.000000224. The first-order valence-electron chi connectivity index (χ1n) is 8.95. The van der Waals surface area contributed by atoms with E-state index < -0.39 is 0 Å². The van der Waals surface area contributed by atoms with Crippen molar-refractivity contribution in [1.29, 1.82) is 0 Å². The van der Waals surface area contributed by atoms with Crippen LogP contribution in [-0.4, -0.2) is 0 Å². The van der Waals surface area contributed by atoms with Crippen LogP contribution in [0.4, 0.5) is 0 Å². The highest BCUT2D eigenvalue weighted by atomic mass is 14.0. The third-order valence-corrected chi connectivity index (χ3v) is 2.77. The number of rotatable bonds is 8. The molecule has 0 heteroatoms. The fraction of sp³-hybridized carbons (Fsp3) is 1.00. The Kier molecular flexibility index (Phi) is 29.3. The molecule has 0 aromatic rings. The molecule has 0 unspecified atom stereocenters. The molecule has 0 fully saturated rings. The van der Waals surface area contributed by atoms with Crippen LogP contribution >= 0.6 is 0 Å². The van der Waals surface area contributed by atoms with Gasteiger partial charge in [0, 0.05) is 0 Å². The van der Waals surface area contributed by atoms with Crippen LogP contribution in [0.2, 0.25) is 0 Å². The summed E-state index contributed by atoms with van der Waals surface area (Å²) in [6.45, 7) is 17.9. The number of hydrogen-bond acceptors (Lipinski definition) is 0. The summed E-state index contributed by atoms with van der Waals surface area (Å²) in [6.07, 6.45) is 12.5. The lowest BCUT2D eigenvalue weighted by molar-refractivity contribution is 0.534. The Morgan fingerprint density at radius 3 is 0.947 bits per heavy atom. The molecule has 0 radical (unpaired) electrons. The van der Waals surface area contributed by atoms with E-state index in [-0.39, 0.29) is 0 Å². The van der Waals surface area contributed by atoms with Gasteiger partial charge in [0.1, 0.15) is 0 Å². The van der Waals surface area contributed by atoms with Gasteiger partial charge in [0.05, 0.1) is 0 Å². The second-order valence-electron chi connectivity index (χ2n) is 6.49. The molecule has 0 aliphatic carbocycles. The average Bonchev–Trinajstić information content (AvgIpc) is 2.31. The summed E-state index contributed by atoms with van der Waals surface area (Å²) < 4.78 is 0. The van der Waals surface area contributed by atoms with E-state index in [9.17, 15) is 0 Å². The van der Waals surface area contributed by atoms with Gasteiger partial charge in [0.25, 0.3) is 0 Å². The topological polar surface area (TPSA) is 0 Å². The predicted molar refractivity (Wildman–Crippen MR) is 93.9 cm³/mol. The van der Waals surface area contributed by atoms with E-state index in [0.717, 1.165) is 11.8 Å². The second kappa shape index (κ2) is 23.1. The number of hydrogen-bond donors (Lipinski definition) is 0. The van der Waals surface area contributed by atoms with E-state index in [2.05, 4.69) is 55.4 Å². The fourth-order valence-electron chi connectivity index (χ4n) is 1.61. The molecule has 0 nitrogen and oxygen atoms in total. The summed E-state index contributed by atoms with van der Waals surface area (Å²) in [4.78, 5) is 0. The van der Waals surface area contributed by atoms with Crippen molar-refractivity contribution >= 4 is 0 Å². The lowest BCUT2D eigenvalue weighted by Gasteiger charge is -2.00. The lowest BCUT2D eigenvalue weighted by Crippen LogP contribution is -1.85. The van der Waals surface area contributed by atoms with E-state index >= 15 is 0 Å². The van der Waals surface area contributed by atoms with Crippen molar-refractivity contribution in [2.75, 3.05) is 0 Å². The van der Waals surface area contributed by atoms with Gasteiger partial charge in [-0.3, -0.25) is 0 Å². The van der Waals surface area contributed by atoms with E-state index in [1.54, 1.807) is 0 Å². The molecular formula is C19H44. The summed E-state index contributed by atoms with van der Waals surface area (Å²) >= 11 is 0. The maximum Gasteiger partial charge on any atom is -0.0471 e. The summed E-state index contributed by atoms with van der Waals surface area (Å²) in [5.74, 6) is 1.81. The predicted octanol–water partition coefficient (Wildman–Crippen LogP) is 7.86. The highest BCUT2D eigenvalue weighted by Gasteiger charge is 1.91. The molecule has 0 atom stereocenters. The lowest BCUT2D eigenvalue weighted by atomic mass is 10.1. The highest BCUT2D eigenvalue weighted by molar-refractivity contribution is 4.45. The largest absolute Gasteiger partial charge is 0.0656 e. The van der Waals surface area contributed by atoms with Gasteiger partial charge in [-0.2, -0.15) is 0 Å². The molecule has 19 heavy (non-hydrogen) atoms. The Morgan fingerprint density at radius 2 is 0.789 bits per heavy atom. The van der Waals surface area contributed by atoms with Crippen LogP contribution in [0, 0.1) is 11.8 Å². The summed E-state index contributed by atoms with van der Waals surface area (Å²) in [6, 6.07) is 0. The van der Waals surface area contributed by atoms with E-state index in [1.807, 2.05) is 0 Å². The van der Waals surface area contributed by atoms with Crippen molar-refractivity contribution in [2.45, 2.75) is 113 Å². The zero-order chi connectivity index (χ0) is 15.5. The number of unbranched alkanes of at least 4 members (excludes halogenated alkanes) is 4. The van der Waals surface area contributed by atoms with Crippen molar-refractivity contribution in [3.05, 3.63) is 0 Å². The molecule has 0 bridgehead atoms. The summed E-state index contributed by atoms with van der Waals surface area (Å²) in [7, 11) is 0. The van der Waals surface area contributed by atoms with Crippen LogP contribution in [0.1, 0.15) is 113 Å². The van der Waals surface area contributed by atoms with Crippen LogP contribution in [0.25, 0.3) is 0 Å². The van der Waals surface area contributed by atoms with Crippen molar-refractivity contribution < 1.29 is 0 Å². The normalized spacial score (nSPS) is 9.79. The van der Waals surface area contributed by atoms with Gasteiger partial charge in [0.2, 0.25) is 0 Å². The first kappa shape index (κ1) is 24.0. The van der Waals surface area contributed by atoms with Crippen molar-refractivity contribution in [3.63, 3.8) is 0 Å².